The molecule has 7 nitrogen and oxygen atoms in total. The average Bonchev–Trinajstić information content (AvgIpc) is 3.24. The van der Waals surface area contributed by atoms with E-state index in [1.807, 2.05) is 42.5 Å². The van der Waals surface area contributed by atoms with Crippen molar-refractivity contribution >= 4 is 17.8 Å². The van der Waals surface area contributed by atoms with Gasteiger partial charge in [-0.3, -0.25) is 4.79 Å². The number of hydrazone groups is 1. The van der Waals surface area contributed by atoms with Gasteiger partial charge in [0.05, 0.1) is 13.3 Å². The molecule has 0 radical (unpaired) electrons. The Bertz CT molecular complexity index is 979. The quantitative estimate of drug-likeness (QED) is 0.270. The zero-order valence-corrected chi connectivity index (χ0v) is 17.8. The third-order valence-electron chi connectivity index (χ3n) is 4.47. The van der Waals surface area contributed by atoms with Gasteiger partial charge in [-0.2, -0.15) is 5.10 Å². The molecule has 0 aliphatic carbocycles. The van der Waals surface area contributed by atoms with Gasteiger partial charge in [-0.25, -0.2) is 5.43 Å². The van der Waals surface area contributed by atoms with E-state index >= 15 is 0 Å². The average molecular weight is 421 g/mol. The van der Waals surface area contributed by atoms with Crippen LogP contribution in [0.1, 0.15) is 29.9 Å². The maximum atomic E-state index is 11.9. The van der Waals surface area contributed by atoms with E-state index in [4.69, 9.17) is 13.9 Å². The van der Waals surface area contributed by atoms with E-state index in [0.29, 0.717) is 31.0 Å². The number of amides is 1. The number of furan rings is 1. The first kappa shape index (κ1) is 22.0. The molecule has 2 aromatic carbocycles. The molecule has 0 bridgehead atoms. The van der Waals surface area contributed by atoms with Crippen molar-refractivity contribution in [2.45, 2.75) is 26.4 Å². The SMILES string of the molecule is COc1ccc(OCc2ccc(/C=N/NC(=O)CCCNc3ccc(C)cc3)o2)cc1. The number of hydrogen-bond donors (Lipinski definition) is 2. The first-order valence-electron chi connectivity index (χ1n) is 10.1. The highest BCUT2D eigenvalue weighted by Crippen LogP contribution is 2.18. The van der Waals surface area contributed by atoms with E-state index in [2.05, 4.69) is 34.9 Å². The van der Waals surface area contributed by atoms with E-state index < -0.39 is 0 Å². The molecule has 0 fully saturated rings. The summed E-state index contributed by atoms with van der Waals surface area (Å²) in [6, 6.07) is 19.1. The third-order valence-corrected chi connectivity index (χ3v) is 4.47. The monoisotopic (exact) mass is 421 g/mol. The Morgan fingerprint density at radius 2 is 1.77 bits per heavy atom. The fraction of sp³-hybridized carbons (Fsp3) is 0.250. The van der Waals surface area contributed by atoms with Crippen LogP contribution >= 0.6 is 0 Å². The maximum Gasteiger partial charge on any atom is 0.240 e. The molecular weight excluding hydrogens is 394 g/mol. The predicted octanol–water partition coefficient (Wildman–Crippen LogP) is 4.52. The second-order valence-corrected chi connectivity index (χ2v) is 6.96. The Morgan fingerprint density at radius 1 is 1.03 bits per heavy atom. The molecule has 0 saturated carbocycles. The van der Waals surface area contributed by atoms with Crippen molar-refractivity contribution < 1.29 is 18.7 Å². The first-order valence-corrected chi connectivity index (χ1v) is 10.1. The van der Waals surface area contributed by atoms with Crippen molar-refractivity contribution in [2.24, 2.45) is 5.10 Å². The molecule has 162 valence electrons. The molecule has 3 rings (SSSR count). The number of rotatable bonds is 11. The standard InChI is InChI=1S/C24H27N3O4/c1-18-5-7-19(8-6-18)25-15-3-4-24(28)27-26-16-22-13-14-23(31-22)17-30-21-11-9-20(29-2)10-12-21/h5-14,16,25H,3-4,15,17H2,1-2H3,(H,27,28)/b26-16+. The van der Waals surface area contributed by atoms with Gasteiger partial charge in [-0.05, 0) is 61.9 Å². The Labute approximate surface area is 182 Å². The van der Waals surface area contributed by atoms with Crippen molar-refractivity contribution in [3.05, 3.63) is 77.7 Å². The van der Waals surface area contributed by atoms with E-state index in [0.717, 1.165) is 23.7 Å². The number of nitrogens with zero attached hydrogens (tertiary/aromatic N) is 1. The van der Waals surface area contributed by atoms with Crippen LogP contribution in [-0.4, -0.2) is 25.8 Å². The number of anilines is 1. The van der Waals surface area contributed by atoms with Crippen LogP contribution in [0.25, 0.3) is 0 Å². The second-order valence-electron chi connectivity index (χ2n) is 6.96. The van der Waals surface area contributed by atoms with Crippen LogP contribution < -0.4 is 20.2 Å². The lowest BCUT2D eigenvalue weighted by atomic mass is 10.2. The van der Waals surface area contributed by atoms with E-state index in [1.165, 1.54) is 11.8 Å². The van der Waals surface area contributed by atoms with Crippen LogP contribution in [0.4, 0.5) is 5.69 Å². The summed E-state index contributed by atoms with van der Waals surface area (Å²) in [7, 11) is 1.62. The van der Waals surface area contributed by atoms with E-state index in [-0.39, 0.29) is 5.91 Å². The number of aryl methyl sites for hydroxylation is 1. The van der Waals surface area contributed by atoms with Crippen LogP contribution in [0, 0.1) is 6.92 Å². The number of benzene rings is 2. The number of ether oxygens (including phenoxy) is 2. The number of hydrogen-bond acceptors (Lipinski definition) is 6. The maximum absolute atomic E-state index is 11.9. The summed E-state index contributed by atoms with van der Waals surface area (Å²) in [5, 5.41) is 7.24. The van der Waals surface area contributed by atoms with Gasteiger partial charge in [0.15, 0.2) is 0 Å². The second kappa shape index (κ2) is 11.4. The molecule has 1 aromatic heterocycles. The smallest absolute Gasteiger partial charge is 0.240 e. The molecule has 0 atom stereocenters. The molecule has 0 spiro atoms. The Balaban J connectivity index is 1.33. The fourth-order valence-electron chi connectivity index (χ4n) is 2.74. The molecular formula is C24H27N3O4. The molecule has 31 heavy (non-hydrogen) atoms. The van der Waals surface area contributed by atoms with Crippen molar-refractivity contribution in [3.63, 3.8) is 0 Å². The number of nitrogens with one attached hydrogen (secondary N) is 2. The lowest BCUT2D eigenvalue weighted by molar-refractivity contribution is -0.121. The Hall–Kier alpha value is -3.74. The van der Waals surface area contributed by atoms with Crippen molar-refractivity contribution in [2.75, 3.05) is 19.0 Å². The molecule has 7 heteroatoms. The lowest BCUT2D eigenvalue weighted by Gasteiger charge is -2.06. The van der Waals surface area contributed by atoms with Crippen molar-refractivity contribution in [1.29, 1.82) is 0 Å². The van der Waals surface area contributed by atoms with Gasteiger partial charge in [0, 0.05) is 18.7 Å². The minimum atomic E-state index is -0.142. The Morgan fingerprint density at radius 3 is 2.52 bits per heavy atom. The third kappa shape index (κ3) is 7.54. The van der Waals surface area contributed by atoms with Crippen LogP contribution in [0.15, 0.2) is 70.2 Å². The highest BCUT2D eigenvalue weighted by molar-refractivity contribution is 5.80. The van der Waals surface area contributed by atoms with E-state index in [1.54, 1.807) is 13.2 Å². The molecule has 0 saturated heterocycles. The van der Waals surface area contributed by atoms with Crippen LogP contribution in [0.5, 0.6) is 11.5 Å². The molecule has 1 heterocycles. The van der Waals surface area contributed by atoms with Crippen LogP contribution in [-0.2, 0) is 11.4 Å². The zero-order valence-electron chi connectivity index (χ0n) is 17.8. The number of carbonyl (C=O) groups is 1. The first-order chi connectivity index (χ1) is 15.1. The summed E-state index contributed by atoms with van der Waals surface area (Å²) in [6.07, 6.45) is 2.57. The minimum Gasteiger partial charge on any atom is -0.497 e. The summed E-state index contributed by atoms with van der Waals surface area (Å²) in [6.45, 7) is 3.06. The molecule has 0 unspecified atom stereocenters. The number of methoxy groups -OCH3 is 1. The molecule has 0 aliphatic heterocycles. The topological polar surface area (TPSA) is 85.1 Å². The number of carbonyl (C=O) groups excluding carboxylic acids is 1. The van der Waals surface area contributed by atoms with Gasteiger partial charge in [-0.1, -0.05) is 17.7 Å². The van der Waals surface area contributed by atoms with Gasteiger partial charge < -0.3 is 19.2 Å². The van der Waals surface area contributed by atoms with E-state index in [9.17, 15) is 4.79 Å². The van der Waals surface area contributed by atoms with Gasteiger partial charge in [0.25, 0.3) is 0 Å². The Kier molecular flexibility index (Phi) is 8.11. The van der Waals surface area contributed by atoms with Crippen LogP contribution in [0.3, 0.4) is 0 Å². The summed E-state index contributed by atoms with van der Waals surface area (Å²) < 4.78 is 16.4. The predicted molar refractivity (Wildman–Crippen MR) is 121 cm³/mol. The van der Waals surface area contributed by atoms with Gasteiger partial charge in [0.1, 0.15) is 29.6 Å². The van der Waals surface area contributed by atoms with Crippen molar-refractivity contribution in [3.8, 4) is 11.5 Å². The molecule has 0 aliphatic rings. The fourth-order valence-corrected chi connectivity index (χ4v) is 2.74. The molecule has 2 N–H and O–H groups in total. The van der Waals surface area contributed by atoms with Crippen LogP contribution in [0.2, 0.25) is 0 Å². The highest BCUT2D eigenvalue weighted by Gasteiger charge is 2.03. The normalized spacial score (nSPS) is 10.8. The molecule has 1 amide bonds. The molecule has 3 aromatic rings. The lowest BCUT2D eigenvalue weighted by Crippen LogP contribution is -2.18. The minimum absolute atomic E-state index is 0.142. The van der Waals surface area contributed by atoms with Gasteiger partial charge in [0.2, 0.25) is 5.91 Å². The highest BCUT2D eigenvalue weighted by atomic mass is 16.5. The summed E-state index contributed by atoms with van der Waals surface area (Å²) >= 11 is 0. The summed E-state index contributed by atoms with van der Waals surface area (Å²) in [5.74, 6) is 2.54. The van der Waals surface area contributed by atoms with Gasteiger partial charge >= 0.3 is 0 Å². The zero-order chi connectivity index (χ0) is 21.9. The van der Waals surface area contributed by atoms with Gasteiger partial charge in [-0.15, -0.1) is 0 Å². The largest absolute Gasteiger partial charge is 0.497 e. The van der Waals surface area contributed by atoms with Crippen molar-refractivity contribution in [1.82, 2.24) is 5.43 Å². The summed E-state index contributed by atoms with van der Waals surface area (Å²) in [4.78, 5) is 11.9. The summed E-state index contributed by atoms with van der Waals surface area (Å²) in [5.41, 5.74) is 4.78.